The van der Waals surface area contributed by atoms with E-state index < -0.39 is 47.4 Å². The molecule has 9 rings (SSSR count). The van der Waals surface area contributed by atoms with Gasteiger partial charge in [0, 0.05) is 72.2 Å². The van der Waals surface area contributed by atoms with Gasteiger partial charge in [0.2, 0.25) is 11.8 Å². The molecule has 1 aliphatic carbocycles. The van der Waals surface area contributed by atoms with E-state index in [0.717, 1.165) is 80.3 Å². The number of piperazine rings is 1. The van der Waals surface area contributed by atoms with Crippen LogP contribution in [0.1, 0.15) is 96.7 Å². The molecule has 3 saturated heterocycles. The van der Waals surface area contributed by atoms with Crippen molar-refractivity contribution in [1.29, 1.82) is 0 Å². The standard InChI is InChI=1S/C42H42Cl2F2N8O5/c1-21(37-30(43)8-9-31(45)38(37)44)59-35-12-23(15-48-39(35)47)24-16-49-52(18-24)25-4-2-22(3-5-25)17-51-19-26-6-7-27(20-51)53(26)34-14-29-28(13-32(34)46)41(57)54(42(29)58)33-10-11-36(55)50-40(33)56/h8-9,12-16,18,21-22,25-27,33H,2-7,10-11,17,19-20H2,1H3,(H2,47,48)(H,50,55,56)/t21-,22?,25?,26?,27?,33?/m1/s1. The number of amides is 4. The molecule has 2 bridgehead atoms. The maximum absolute atomic E-state index is 15.8. The number of likely N-dealkylation sites (tertiary alicyclic amines) is 1. The van der Waals surface area contributed by atoms with E-state index in [4.69, 9.17) is 38.8 Å². The van der Waals surface area contributed by atoms with Crippen molar-refractivity contribution in [2.75, 3.05) is 30.3 Å². The number of imide groups is 2. The smallest absolute Gasteiger partial charge is 0.262 e. The molecule has 2 aromatic carbocycles. The van der Waals surface area contributed by atoms with E-state index in [-0.39, 0.29) is 58.0 Å². The lowest BCUT2D eigenvalue weighted by Gasteiger charge is -2.44. The molecule has 2 aromatic heterocycles. The van der Waals surface area contributed by atoms with Crippen LogP contribution in [0.3, 0.4) is 0 Å². The summed E-state index contributed by atoms with van der Waals surface area (Å²) in [6.07, 6.45) is 10.7. The summed E-state index contributed by atoms with van der Waals surface area (Å²) < 4.78 is 38.1. The average Bonchev–Trinajstić information content (AvgIpc) is 3.87. The van der Waals surface area contributed by atoms with E-state index in [1.165, 1.54) is 18.2 Å². The fourth-order valence-corrected chi connectivity index (χ4v) is 10.4. The second-order valence-electron chi connectivity index (χ2n) is 16.3. The monoisotopic (exact) mass is 846 g/mol. The van der Waals surface area contributed by atoms with Crippen LogP contribution in [0.4, 0.5) is 20.3 Å². The summed E-state index contributed by atoms with van der Waals surface area (Å²) in [6, 6.07) is 6.30. The van der Waals surface area contributed by atoms with Gasteiger partial charge in [-0.05, 0) is 88.1 Å². The second-order valence-corrected chi connectivity index (χ2v) is 17.1. The number of halogens is 4. The fraction of sp³-hybridized carbons (Fsp3) is 0.429. The molecule has 6 heterocycles. The highest BCUT2D eigenvalue weighted by atomic mass is 35.5. The lowest BCUT2D eigenvalue weighted by atomic mass is 9.85. The van der Waals surface area contributed by atoms with Gasteiger partial charge in [0.1, 0.15) is 23.8 Å². The van der Waals surface area contributed by atoms with Crippen LogP contribution < -0.4 is 20.7 Å². The minimum atomic E-state index is -1.10. The summed E-state index contributed by atoms with van der Waals surface area (Å²) in [4.78, 5) is 60.7. The van der Waals surface area contributed by atoms with Crippen LogP contribution in [0, 0.1) is 17.6 Å². The number of ether oxygens (including phenoxy) is 1. The van der Waals surface area contributed by atoms with Crippen molar-refractivity contribution in [3.05, 3.63) is 87.3 Å². The number of piperidine rings is 1. The van der Waals surface area contributed by atoms with E-state index in [1.54, 1.807) is 25.4 Å². The Morgan fingerprint density at radius 2 is 1.58 bits per heavy atom. The van der Waals surface area contributed by atoms with Gasteiger partial charge in [-0.1, -0.05) is 23.2 Å². The minimum absolute atomic E-state index is 0.0149. The molecule has 13 nitrogen and oxygen atoms in total. The molecule has 0 spiro atoms. The van der Waals surface area contributed by atoms with Crippen LogP contribution in [0.15, 0.2) is 48.9 Å². The van der Waals surface area contributed by atoms with Crippen LogP contribution in [0.25, 0.3) is 11.1 Å². The molecule has 308 valence electrons. The van der Waals surface area contributed by atoms with Crippen LogP contribution in [-0.2, 0) is 9.59 Å². The Balaban J connectivity index is 0.806. The predicted molar refractivity (Wildman–Crippen MR) is 215 cm³/mol. The van der Waals surface area contributed by atoms with E-state index in [9.17, 15) is 23.6 Å². The summed E-state index contributed by atoms with van der Waals surface area (Å²) in [5.74, 6) is -2.66. The van der Waals surface area contributed by atoms with Gasteiger partial charge in [-0.3, -0.25) is 39.0 Å². The summed E-state index contributed by atoms with van der Waals surface area (Å²) >= 11 is 12.5. The molecule has 4 amide bonds. The molecule has 3 unspecified atom stereocenters. The zero-order valence-electron chi connectivity index (χ0n) is 32.2. The number of nitrogen functional groups attached to an aromatic ring is 1. The van der Waals surface area contributed by atoms with Crippen molar-refractivity contribution in [2.24, 2.45) is 5.92 Å². The number of carbonyl (C=O) groups excluding carboxylic acids is 4. The maximum atomic E-state index is 15.8. The fourth-order valence-electron chi connectivity index (χ4n) is 9.73. The van der Waals surface area contributed by atoms with Crippen LogP contribution in [0.2, 0.25) is 10.0 Å². The number of hydrogen-bond donors (Lipinski definition) is 2. The number of nitrogens with one attached hydrogen (secondary N) is 1. The third-order valence-electron chi connectivity index (χ3n) is 12.7. The molecule has 0 radical (unpaired) electrons. The molecule has 5 aliphatic rings. The summed E-state index contributed by atoms with van der Waals surface area (Å²) in [5.41, 5.74) is 8.45. The lowest BCUT2D eigenvalue weighted by Crippen LogP contribution is -2.55. The number of rotatable bonds is 9. The number of hydrogen-bond acceptors (Lipinski definition) is 10. The second kappa shape index (κ2) is 15.5. The van der Waals surface area contributed by atoms with Crippen LogP contribution in [-0.4, -0.2) is 86.0 Å². The third kappa shape index (κ3) is 7.20. The van der Waals surface area contributed by atoms with Crippen molar-refractivity contribution in [3.63, 3.8) is 0 Å². The quantitative estimate of drug-likeness (QED) is 0.137. The van der Waals surface area contributed by atoms with Crippen molar-refractivity contribution in [1.82, 2.24) is 29.9 Å². The van der Waals surface area contributed by atoms with E-state index in [1.807, 2.05) is 10.9 Å². The Bertz CT molecular complexity index is 2370. The molecule has 4 atom stereocenters. The van der Waals surface area contributed by atoms with Crippen molar-refractivity contribution in [2.45, 2.75) is 88.6 Å². The molecule has 1 saturated carbocycles. The van der Waals surface area contributed by atoms with Gasteiger partial charge in [-0.15, -0.1) is 0 Å². The molecule has 4 aromatic rings. The molecule has 59 heavy (non-hydrogen) atoms. The van der Waals surface area contributed by atoms with E-state index in [2.05, 4.69) is 20.1 Å². The van der Waals surface area contributed by atoms with Crippen molar-refractivity contribution in [3.8, 4) is 16.9 Å². The number of anilines is 2. The molecule has 4 fully saturated rings. The van der Waals surface area contributed by atoms with Crippen molar-refractivity contribution < 1.29 is 32.7 Å². The number of nitrogens with zero attached hydrogens (tertiary/aromatic N) is 6. The highest BCUT2D eigenvalue weighted by Crippen LogP contribution is 2.42. The van der Waals surface area contributed by atoms with Crippen LogP contribution in [0.5, 0.6) is 5.75 Å². The van der Waals surface area contributed by atoms with Gasteiger partial charge in [0.05, 0.1) is 34.1 Å². The summed E-state index contributed by atoms with van der Waals surface area (Å²) in [7, 11) is 0. The molecular formula is C42H42Cl2F2N8O5. The molecule has 4 aliphatic heterocycles. The number of carbonyl (C=O) groups is 4. The minimum Gasteiger partial charge on any atom is -0.482 e. The van der Waals surface area contributed by atoms with E-state index >= 15 is 4.39 Å². The normalized spacial score (nSPS) is 25.1. The van der Waals surface area contributed by atoms with Gasteiger partial charge in [-0.25, -0.2) is 13.8 Å². The maximum Gasteiger partial charge on any atom is 0.262 e. The third-order valence-corrected chi connectivity index (χ3v) is 13.4. The first-order chi connectivity index (χ1) is 28.3. The zero-order valence-corrected chi connectivity index (χ0v) is 33.7. The topological polar surface area (TPSA) is 156 Å². The van der Waals surface area contributed by atoms with Gasteiger partial charge >= 0.3 is 0 Å². The van der Waals surface area contributed by atoms with E-state index in [0.29, 0.717) is 22.9 Å². The molecule has 3 N–H and O–H groups in total. The Morgan fingerprint density at radius 1 is 0.881 bits per heavy atom. The number of aromatic nitrogens is 3. The molecule has 17 heteroatoms. The van der Waals surface area contributed by atoms with Gasteiger partial charge < -0.3 is 15.4 Å². The number of nitrogens with two attached hydrogens (primary N) is 1. The number of benzene rings is 2. The number of pyridine rings is 1. The Morgan fingerprint density at radius 3 is 2.29 bits per heavy atom. The Labute approximate surface area is 348 Å². The lowest BCUT2D eigenvalue weighted by molar-refractivity contribution is -0.136. The first-order valence-corrected chi connectivity index (χ1v) is 20.8. The SMILES string of the molecule is C[C@@H](Oc1cc(-c2cnn(C3CCC(CN4CC5CCC(C4)N5c4cc5c(cc4F)C(=O)N(C4CCC(=O)NC4=O)C5=O)CC3)c2)cnc1N)c1c(Cl)ccc(F)c1Cl. The summed E-state index contributed by atoms with van der Waals surface area (Å²) in [6.45, 7) is 4.20. The first-order valence-electron chi connectivity index (χ1n) is 20.0. The van der Waals surface area contributed by atoms with Crippen LogP contribution >= 0.6 is 23.2 Å². The van der Waals surface area contributed by atoms with Gasteiger partial charge in [-0.2, -0.15) is 5.10 Å². The zero-order chi connectivity index (χ0) is 41.3. The Hall–Kier alpha value is -5.12. The summed E-state index contributed by atoms with van der Waals surface area (Å²) in [5, 5.41) is 7.08. The number of fused-ring (bicyclic) bond motifs is 3. The van der Waals surface area contributed by atoms with Crippen molar-refractivity contribution >= 4 is 58.3 Å². The predicted octanol–water partition coefficient (Wildman–Crippen LogP) is 6.74. The van der Waals surface area contributed by atoms with Gasteiger partial charge in [0.25, 0.3) is 11.8 Å². The highest BCUT2D eigenvalue weighted by Gasteiger charge is 2.47. The Kier molecular flexibility index (Phi) is 10.3. The first kappa shape index (κ1) is 39.3. The highest BCUT2D eigenvalue weighted by molar-refractivity contribution is 6.36. The molecular weight excluding hydrogens is 805 g/mol. The largest absolute Gasteiger partial charge is 0.482 e. The van der Waals surface area contributed by atoms with Gasteiger partial charge in [0.15, 0.2) is 11.6 Å². The average molecular weight is 848 g/mol.